The standard InChI is InChI=1S/C24H33N5O4S.C2HF3O2/c1-3-27-14-16-29(17-15-27)24(30)19-4-9-23(28-12-10-25-11-13-28)22(18-19)26-34(31,32)21-7-5-20(33-2)6-8-21;3-2(4,5)1(6)7/h4-9,18,25-26H,3,10-17H2,1-2H3;(H,6,7). The summed E-state index contributed by atoms with van der Waals surface area (Å²) in [7, 11) is -2.32. The number of hydrogen-bond acceptors (Lipinski definition) is 8. The third-order valence-corrected chi connectivity index (χ3v) is 8.05. The smallest absolute Gasteiger partial charge is 0.490 e. The van der Waals surface area contributed by atoms with Gasteiger partial charge in [-0.05, 0) is 49.0 Å². The Bertz CT molecular complexity index is 1290. The van der Waals surface area contributed by atoms with Crippen molar-refractivity contribution in [2.24, 2.45) is 0 Å². The van der Waals surface area contributed by atoms with Gasteiger partial charge in [0.15, 0.2) is 0 Å². The molecular weight excluding hydrogens is 567 g/mol. The number of halogens is 3. The number of nitrogens with one attached hydrogen (secondary N) is 2. The van der Waals surface area contributed by atoms with Crippen molar-refractivity contribution in [2.75, 3.05) is 75.6 Å². The number of aliphatic carboxylic acids is 1. The number of alkyl halides is 3. The van der Waals surface area contributed by atoms with E-state index in [-0.39, 0.29) is 10.8 Å². The molecule has 0 radical (unpaired) electrons. The van der Waals surface area contributed by atoms with Crippen LogP contribution in [0.4, 0.5) is 24.5 Å². The van der Waals surface area contributed by atoms with E-state index in [0.717, 1.165) is 51.5 Å². The molecule has 2 aliphatic heterocycles. The second-order valence-electron chi connectivity index (χ2n) is 9.28. The molecule has 15 heteroatoms. The van der Waals surface area contributed by atoms with E-state index in [1.165, 1.54) is 19.2 Å². The normalized spacial score (nSPS) is 16.4. The van der Waals surface area contributed by atoms with Crippen LogP contribution < -0.4 is 19.7 Å². The van der Waals surface area contributed by atoms with E-state index >= 15 is 0 Å². The molecule has 0 bridgehead atoms. The van der Waals surface area contributed by atoms with Crippen molar-refractivity contribution in [2.45, 2.75) is 18.0 Å². The fraction of sp³-hybridized carbons (Fsp3) is 0.462. The number of rotatable bonds is 7. The Balaban J connectivity index is 0.000000587. The molecule has 2 fully saturated rings. The molecular formula is C26H34F3N5O6S. The van der Waals surface area contributed by atoms with Gasteiger partial charge in [0.25, 0.3) is 15.9 Å². The summed E-state index contributed by atoms with van der Waals surface area (Å²) in [4.78, 5) is 28.5. The average molecular weight is 602 g/mol. The van der Waals surface area contributed by atoms with Crippen molar-refractivity contribution in [3.8, 4) is 5.75 Å². The number of piperazine rings is 2. The fourth-order valence-electron chi connectivity index (χ4n) is 4.34. The highest BCUT2D eigenvalue weighted by atomic mass is 32.2. The molecule has 4 rings (SSSR count). The quantitative estimate of drug-likeness (QED) is 0.438. The number of sulfonamides is 1. The zero-order valence-corrected chi connectivity index (χ0v) is 23.6. The van der Waals surface area contributed by atoms with Crippen LogP contribution in [0.5, 0.6) is 5.75 Å². The summed E-state index contributed by atoms with van der Waals surface area (Å²) in [6, 6.07) is 11.6. The van der Waals surface area contributed by atoms with Gasteiger partial charge in [-0.2, -0.15) is 13.2 Å². The predicted octanol–water partition coefficient (Wildman–Crippen LogP) is 2.32. The maximum Gasteiger partial charge on any atom is 0.490 e. The first-order valence-corrected chi connectivity index (χ1v) is 14.4. The Morgan fingerprint density at radius 2 is 1.59 bits per heavy atom. The molecule has 226 valence electrons. The maximum atomic E-state index is 13.2. The highest BCUT2D eigenvalue weighted by molar-refractivity contribution is 7.92. The number of amides is 1. The second kappa shape index (κ2) is 13.9. The van der Waals surface area contributed by atoms with Crippen LogP contribution in [0.1, 0.15) is 17.3 Å². The van der Waals surface area contributed by atoms with Gasteiger partial charge in [-0.1, -0.05) is 6.92 Å². The Morgan fingerprint density at radius 3 is 2.10 bits per heavy atom. The van der Waals surface area contributed by atoms with Crippen LogP contribution in [-0.4, -0.2) is 107 Å². The minimum atomic E-state index is -5.08. The summed E-state index contributed by atoms with van der Waals surface area (Å²) in [5.41, 5.74) is 1.66. The molecule has 2 aliphatic rings. The number of likely N-dealkylation sites (N-methyl/N-ethyl adjacent to an activating group) is 1. The summed E-state index contributed by atoms with van der Waals surface area (Å²) in [5.74, 6) is -2.25. The van der Waals surface area contributed by atoms with Gasteiger partial charge in [-0.15, -0.1) is 0 Å². The molecule has 0 spiro atoms. The van der Waals surface area contributed by atoms with E-state index in [2.05, 4.69) is 26.8 Å². The monoisotopic (exact) mass is 601 g/mol. The Labute approximate surface area is 236 Å². The molecule has 0 atom stereocenters. The van der Waals surface area contributed by atoms with Gasteiger partial charge >= 0.3 is 12.1 Å². The Morgan fingerprint density at radius 1 is 1.00 bits per heavy atom. The van der Waals surface area contributed by atoms with Crippen LogP contribution >= 0.6 is 0 Å². The number of carbonyl (C=O) groups is 2. The van der Waals surface area contributed by atoms with Gasteiger partial charge in [0.2, 0.25) is 0 Å². The van der Waals surface area contributed by atoms with Crippen molar-refractivity contribution in [3.63, 3.8) is 0 Å². The zero-order valence-electron chi connectivity index (χ0n) is 22.8. The van der Waals surface area contributed by atoms with Crippen LogP contribution in [0.15, 0.2) is 47.4 Å². The topological polar surface area (TPSA) is 132 Å². The fourth-order valence-corrected chi connectivity index (χ4v) is 5.41. The highest BCUT2D eigenvalue weighted by Gasteiger charge is 2.38. The molecule has 2 aromatic rings. The van der Waals surface area contributed by atoms with Gasteiger partial charge in [-0.25, -0.2) is 13.2 Å². The number of anilines is 2. The molecule has 11 nitrogen and oxygen atoms in total. The molecule has 41 heavy (non-hydrogen) atoms. The maximum absolute atomic E-state index is 13.2. The van der Waals surface area contributed by atoms with Crippen molar-refractivity contribution >= 4 is 33.3 Å². The van der Waals surface area contributed by atoms with Gasteiger partial charge in [0.05, 0.1) is 23.4 Å². The molecule has 1 amide bonds. The number of methoxy groups -OCH3 is 1. The van der Waals surface area contributed by atoms with E-state index in [1.807, 2.05) is 11.0 Å². The van der Waals surface area contributed by atoms with Crippen LogP contribution in [0.3, 0.4) is 0 Å². The van der Waals surface area contributed by atoms with E-state index in [9.17, 15) is 26.4 Å². The third-order valence-electron chi connectivity index (χ3n) is 6.66. The first-order valence-electron chi connectivity index (χ1n) is 12.9. The third kappa shape index (κ3) is 8.71. The number of ether oxygens (including phenoxy) is 1. The SMILES string of the molecule is CCN1CCN(C(=O)c2ccc(N3CCNCC3)c(NS(=O)(=O)c3ccc(OC)cc3)c2)CC1.O=C(O)C(F)(F)F. The Hall–Kier alpha value is -3.56. The largest absolute Gasteiger partial charge is 0.497 e. The van der Waals surface area contributed by atoms with Crippen molar-refractivity contribution < 1.29 is 41.0 Å². The summed E-state index contributed by atoms with van der Waals surface area (Å²) in [6.45, 7) is 9.24. The van der Waals surface area contributed by atoms with Gasteiger partial charge in [-0.3, -0.25) is 9.52 Å². The number of carboxylic acid groups (broad SMARTS) is 1. The molecule has 0 aliphatic carbocycles. The molecule has 2 heterocycles. The van der Waals surface area contributed by atoms with Crippen molar-refractivity contribution in [1.29, 1.82) is 0 Å². The first-order chi connectivity index (χ1) is 19.4. The lowest BCUT2D eigenvalue weighted by atomic mass is 10.1. The van der Waals surface area contributed by atoms with Crippen molar-refractivity contribution in [1.82, 2.24) is 15.1 Å². The molecule has 0 aromatic heterocycles. The van der Waals surface area contributed by atoms with E-state index in [0.29, 0.717) is 30.1 Å². The number of nitrogens with zero attached hydrogens (tertiary/aromatic N) is 3. The van der Waals surface area contributed by atoms with Crippen LogP contribution in [-0.2, 0) is 14.8 Å². The predicted molar refractivity (Wildman–Crippen MR) is 147 cm³/mol. The first kappa shape index (κ1) is 32.0. The van der Waals surface area contributed by atoms with Crippen LogP contribution in [0.25, 0.3) is 0 Å². The van der Waals surface area contributed by atoms with Gasteiger partial charge < -0.3 is 29.9 Å². The van der Waals surface area contributed by atoms with Gasteiger partial charge in [0.1, 0.15) is 5.75 Å². The summed E-state index contributed by atoms with van der Waals surface area (Å²) in [5, 5.41) is 10.4. The van der Waals surface area contributed by atoms with Gasteiger partial charge in [0, 0.05) is 57.9 Å². The average Bonchev–Trinajstić information content (AvgIpc) is 2.97. The lowest BCUT2D eigenvalue weighted by molar-refractivity contribution is -0.192. The molecule has 3 N–H and O–H groups in total. The number of carboxylic acids is 1. The summed E-state index contributed by atoms with van der Waals surface area (Å²) in [6.07, 6.45) is -5.08. The number of hydrogen-bond donors (Lipinski definition) is 3. The molecule has 0 unspecified atom stereocenters. The minimum absolute atomic E-state index is 0.0764. The lowest BCUT2D eigenvalue weighted by Crippen LogP contribution is -2.48. The van der Waals surface area contributed by atoms with Crippen LogP contribution in [0.2, 0.25) is 0 Å². The minimum Gasteiger partial charge on any atom is -0.497 e. The molecule has 2 saturated heterocycles. The van der Waals surface area contributed by atoms with E-state index in [4.69, 9.17) is 14.6 Å². The number of benzene rings is 2. The second-order valence-corrected chi connectivity index (χ2v) is 11.0. The number of carbonyl (C=O) groups excluding carboxylic acids is 1. The van der Waals surface area contributed by atoms with E-state index < -0.39 is 22.2 Å². The summed E-state index contributed by atoms with van der Waals surface area (Å²) >= 11 is 0. The lowest BCUT2D eigenvalue weighted by Gasteiger charge is -2.34. The summed E-state index contributed by atoms with van der Waals surface area (Å²) < 4.78 is 66.0. The Kier molecular flexibility index (Phi) is 10.8. The van der Waals surface area contributed by atoms with E-state index in [1.54, 1.807) is 24.3 Å². The van der Waals surface area contributed by atoms with Crippen molar-refractivity contribution in [3.05, 3.63) is 48.0 Å². The molecule has 2 aromatic carbocycles. The molecule has 0 saturated carbocycles. The van der Waals surface area contributed by atoms with Crippen LogP contribution in [0, 0.1) is 0 Å². The zero-order chi connectivity index (χ0) is 30.2. The highest BCUT2D eigenvalue weighted by Crippen LogP contribution is 2.31.